The smallest absolute Gasteiger partial charge is 0.347 e. The number of amides is 1. The van der Waals surface area contributed by atoms with Crippen LogP contribution in [0.3, 0.4) is 0 Å². The number of thiazole rings is 1. The molecule has 1 heterocycles. The quantitative estimate of drug-likeness (QED) is 0.138. The number of nitro benzene ring substituents is 1. The minimum absolute atomic E-state index is 0.0316. The number of carbonyl (C=O) groups excluding carboxylic acids is 3. The third-order valence-electron chi connectivity index (χ3n) is 3.19. The predicted molar refractivity (Wildman–Crippen MR) is 108 cm³/mol. The molecule has 0 spiro atoms. The molecule has 0 fully saturated rings. The van der Waals surface area contributed by atoms with E-state index in [1.54, 1.807) is 0 Å². The van der Waals surface area contributed by atoms with Crippen LogP contribution in [0.4, 0.5) is 10.8 Å². The largest absolute Gasteiger partial charge is 0.458 e. The molecule has 0 atom stereocenters. The molecule has 0 aliphatic carbocycles. The minimum Gasteiger partial charge on any atom is -0.458 e. The normalized spacial score (nSPS) is 10.9. The van der Waals surface area contributed by atoms with E-state index >= 15 is 0 Å². The molecule has 0 bridgehead atoms. The highest BCUT2D eigenvalue weighted by Crippen LogP contribution is 2.17. The summed E-state index contributed by atoms with van der Waals surface area (Å²) in [7, 11) is 0. The average molecular weight is 475 g/mol. The number of rotatable bonds is 10. The lowest BCUT2D eigenvalue weighted by Gasteiger charge is -2.04. The third kappa shape index (κ3) is 7.06. The van der Waals surface area contributed by atoms with Crippen LogP contribution in [0.5, 0.6) is 0 Å². The Bertz CT molecular complexity index is 978. The van der Waals surface area contributed by atoms with E-state index in [2.05, 4.69) is 15.5 Å². The van der Waals surface area contributed by atoms with Gasteiger partial charge in [-0.25, -0.2) is 9.78 Å². The number of non-ortho nitro benzene ring substituents is 1. The molecule has 0 saturated heterocycles. The maximum atomic E-state index is 11.7. The summed E-state index contributed by atoms with van der Waals surface area (Å²) >= 11 is 11.8. The second-order valence-electron chi connectivity index (χ2n) is 5.29. The number of hydrogen-bond acceptors (Lipinski definition) is 10. The Morgan fingerprint density at radius 2 is 1.97 bits per heavy atom. The monoisotopic (exact) mass is 474 g/mol. The van der Waals surface area contributed by atoms with Crippen LogP contribution in [-0.4, -0.2) is 45.2 Å². The zero-order chi connectivity index (χ0) is 22.1. The molecular formula is C16H12Cl2N4O7S. The van der Waals surface area contributed by atoms with Gasteiger partial charge >= 0.3 is 5.97 Å². The summed E-state index contributed by atoms with van der Waals surface area (Å²) in [6.45, 7) is -0.762. The van der Waals surface area contributed by atoms with Crippen LogP contribution in [0.2, 0.25) is 0 Å². The van der Waals surface area contributed by atoms with Gasteiger partial charge in [-0.05, 0) is 29.3 Å². The van der Waals surface area contributed by atoms with Crippen molar-refractivity contribution in [3.8, 4) is 0 Å². The molecule has 0 unspecified atom stereocenters. The Labute approximate surface area is 182 Å². The molecule has 1 aromatic carbocycles. The number of ether oxygens (including phenoxy) is 1. The molecule has 0 aliphatic rings. The van der Waals surface area contributed by atoms with E-state index in [0.29, 0.717) is 5.56 Å². The number of oxime groups is 1. The van der Waals surface area contributed by atoms with E-state index < -0.39 is 28.6 Å². The van der Waals surface area contributed by atoms with Crippen molar-refractivity contribution in [1.29, 1.82) is 0 Å². The van der Waals surface area contributed by atoms with E-state index in [1.165, 1.54) is 29.6 Å². The number of nitro groups is 1. The summed E-state index contributed by atoms with van der Waals surface area (Å²) in [6, 6.07) is 5.44. The summed E-state index contributed by atoms with van der Waals surface area (Å²) in [6.07, 6.45) is 0. The molecule has 158 valence electrons. The summed E-state index contributed by atoms with van der Waals surface area (Å²) in [4.78, 5) is 53.3. The first-order valence-corrected chi connectivity index (χ1v) is 9.69. The highest BCUT2D eigenvalue weighted by molar-refractivity contribution is 7.14. The van der Waals surface area contributed by atoms with E-state index in [0.717, 1.165) is 11.3 Å². The molecule has 30 heavy (non-hydrogen) atoms. The number of nitrogens with one attached hydrogen (secondary N) is 1. The van der Waals surface area contributed by atoms with Crippen LogP contribution < -0.4 is 5.32 Å². The first-order chi connectivity index (χ1) is 14.3. The number of aromatic nitrogens is 1. The van der Waals surface area contributed by atoms with Crippen LogP contribution in [-0.2, 0) is 30.6 Å². The van der Waals surface area contributed by atoms with Crippen molar-refractivity contribution in [3.63, 3.8) is 0 Å². The maximum absolute atomic E-state index is 11.7. The molecule has 0 radical (unpaired) electrons. The second kappa shape index (κ2) is 11.2. The highest BCUT2D eigenvalue weighted by atomic mass is 35.5. The van der Waals surface area contributed by atoms with Crippen molar-refractivity contribution in [2.24, 2.45) is 5.16 Å². The Morgan fingerprint density at radius 3 is 2.57 bits per heavy atom. The standard InChI is InChI=1S/C16H12Cl2N4O7S/c17-5-12(23)20-16-19-11(8-30-16)14(15(18)25)21-29-7-13(24)28-6-9-1-3-10(4-2-9)22(26)27/h1-4,8H,5-7H2,(H,19,20,23). The zero-order valence-electron chi connectivity index (χ0n) is 14.9. The van der Waals surface area contributed by atoms with Gasteiger partial charge in [0, 0.05) is 17.5 Å². The van der Waals surface area contributed by atoms with E-state index in [1.807, 2.05) is 0 Å². The average Bonchev–Trinajstić information content (AvgIpc) is 3.17. The maximum Gasteiger partial charge on any atom is 0.347 e. The number of anilines is 1. The lowest BCUT2D eigenvalue weighted by molar-refractivity contribution is -0.384. The van der Waals surface area contributed by atoms with Crippen molar-refractivity contribution < 1.29 is 28.9 Å². The van der Waals surface area contributed by atoms with Crippen LogP contribution in [0.1, 0.15) is 11.3 Å². The first-order valence-electron chi connectivity index (χ1n) is 7.90. The SMILES string of the molecule is O=C(CCl)Nc1nc(C(=NOCC(=O)OCc2ccc([N+](=O)[O-])cc2)C(=O)Cl)cs1. The van der Waals surface area contributed by atoms with E-state index in [9.17, 15) is 24.5 Å². The van der Waals surface area contributed by atoms with Gasteiger partial charge in [-0.3, -0.25) is 19.7 Å². The number of carbonyl (C=O) groups is 3. The summed E-state index contributed by atoms with van der Waals surface area (Å²) in [5, 5.41) is 17.1. The van der Waals surface area contributed by atoms with Crippen molar-refractivity contribution >= 4 is 68.2 Å². The van der Waals surface area contributed by atoms with Crippen LogP contribution in [0.15, 0.2) is 34.8 Å². The second-order valence-corrected chi connectivity index (χ2v) is 6.76. The molecule has 0 saturated carbocycles. The fourth-order valence-electron chi connectivity index (χ4n) is 1.84. The Hall–Kier alpha value is -3.09. The van der Waals surface area contributed by atoms with Gasteiger partial charge in [0.25, 0.3) is 10.9 Å². The van der Waals surface area contributed by atoms with Gasteiger partial charge in [-0.15, -0.1) is 22.9 Å². The predicted octanol–water partition coefficient (Wildman–Crippen LogP) is 2.46. The summed E-state index contributed by atoms with van der Waals surface area (Å²) in [5.74, 6) is -1.55. The van der Waals surface area contributed by atoms with Crippen molar-refractivity contribution in [1.82, 2.24) is 4.98 Å². The zero-order valence-corrected chi connectivity index (χ0v) is 17.2. The molecule has 1 aromatic heterocycles. The number of alkyl halides is 1. The minimum atomic E-state index is -0.991. The number of esters is 1. The molecule has 0 aliphatic heterocycles. The van der Waals surface area contributed by atoms with Gasteiger partial charge in [0.1, 0.15) is 18.2 Å². The molecule has 2 rings (SSSR count). The van der Waals surface area contributed by atoms with Crippen molar-refractivity contribution in [2.75, 3.05) is 17.8 Å². The van der Waals surface area contributed by atoms with Crippen molar-refractivity contribution in [2.45, 2.75) is 6.61 Å². The fourth-order valence-corrected chi connectivity index (χ4v) is 2.75. The molecule has 2 aromatic rings. The molecule has 1 amide bonds. The first kappa shape index (κ1) is 23.2. The third-order valence-corrected chi connectivity index (χ3v) is 4.37. The summed E-state index contributed by atoms with van der Waals surface area (Å²) in [5.41, 5.74) is 0.100. The van der Waals surface area contributed by atoms with Gasteiger partial charge in [0.15, 0.2) is 10.8 Å². The highest BCUT2D eigenvalue weighted by Gasteiger charge is 2.18. The van der Waals surface area contributed by atoms with Gasteiger partial charge in [-0.2, -0.15) is 0 Å². The molecule has 14 heteroatoms. The molecule has 11 nitrogen and oxygen atoms in total. The molecular weight excluding hydrogens is 463 g/mol. The van der Waals surface area contributed by atoms with Gasteiger partial charge in [-0.1, -0.05) is 5.16 Å². The van der Waals surface area contributed by atoms with Gasteiger partial charge < -0.3 is 14.9 Å². The number of hydrogen-bond donors (Lipinski definition) is 1. The lowest BCUT2D eigenvalue weighted by Crippen LogP contribution is -2.15. The Balaban J connectivity index is 1.89. The number of nitrogens with zero attached hydrogens (tertiary/aromatic N) is 3. The van der Waals surface area contributed by atoms with Gasteiger partial charge in [0.05, 0.1) is 4.92 Å². The molecule has 1 N–H and O–H groups in total. The fraction of sp³-hybridized carbons (Fsp3) is 0.188. The van der Waals surface area contributed by atoms with Crippen molar-refractivity contribution in [3.05, 3.63) is 51.0 Å². The van der Waals surface area contributed by atoms with Crippen LogP contribution in [0.25, 0.3) is 0 Å². The van der Waals surface area contributed by atoms with Crippen LogP contribution in [0, 0.1) is 10.1 Å². The van der Waals surface area contributed by atoms with E-state index in [4.69, 9.17) is 32.8 Å². The Kier molecular flexibility index (Phi) is 8.65. The van der Waals surface area contributed by atoms with Gasteiger partial charge in [0.2, 0.25) is 12.5 Å². The summed E-state index contributed by atoms with van der Waals surface area (Å²) < 4.78 is 4.94. The Morgan fingerprint density at radius 1 is 1.27 bits per heavy atom. The topological polar surface area (TPSA) is 150 Å². The lowest BCUT2D eigenvalue weighted by atomic mass is 10.2. The van der Waals surface area contributed by atoms with E-state index in [-0.39, 0.29) is 34.7 Å². The number of benzene rings is 1. The number of halogens is 2. The van der Waals surface area contributed by atoms with Crippen LogP contribution >= 0.6 is 34.5 Å².